The topological polar surface area (TPSA) is 55.1 Å². The maximum Gasteiger partial charge on any atom is 0.354 e. The molecule has 4 nitrogen and oxygen atoms in total. The van der Waals surface area contributed by atoms with Crippen LogP contribution in [0.4, 0.5) is 0 Å². The molecule has 1 N–H and O–H groups in total. The van der Waals surface area contributed by atoms with E-state index in [-0.39, 0.29) is 5.69 Å². The Kier molecular flexibility index (Phi) is 2.28. The predicted octanol–water partition coefficient (Wildman–Crippen LogP) is 1.08. The summed E-state index contributed by atoms with van der Waals surface area (Å²) in [5, 5.41) is 12.7. The van der Waals surface area contributed by atoms with Crippen molar-refractivity contribution in [1.82, 2.24) is 9.78 Å². The summed E-state index contributed by atoms with van der Waals surface area (Å²) < 4.78 is 1.41. The number of carboxylic acid groups (broad SMARTS) is 1. The number of rotatable bonds is 3. The van der Waals surface area contributed by atoms with Gasteiger partial charge < -0.3 is 5.11 Å². The van der Waals surface area contributed by atoms with E-state index < -0.39 is 5.97 Å². The average molecular weight is 166 g/mol. The molecule has 4 heteroatoms. The van der Waals surface area contributed by atoms with Gasteiger partial charge in [0.15, 0.2) is 0 Å². The molecule has 0 fully saturated rings. The van der Waals surface area contributed by atoms with E-state index >= 15 is 0 Å². The third-order valence-corrected chi connectivity index (χ3v) is 1.42. The molecule has 0 aliphatic heterocycles. The van der Waals surface area contributed by atoms with Gasteiger partial charge in [-0.15, -0.1) is 6.58 Å². The molecule has 0 aliphatic rings. The SMILES string of the molecule is C=CCn1nc(C)cc1C(=O)O. The molecule has 1 heterocycles. The van der Waals surface area contributed by atoms with Gasteiger partial charge in [-0.25, -0.2) is 4.79 Å². The van der Waals surface area contributed by atoms with Gasteiger partial charge >= 0.3 is 5.97 Å². The first-order valence-corrected chi connectivity index (χ1v) is 3.54. The number of nitrogens with zero attached hydrogens (tertiary/aromatic N) is 2. The highest BCUT2D eigenvalue weighted by Crippen LogP contribution is 2.03. The van der Waals surface area contributed by atoms with Crippen LogP contribution in [0.25, 0.3) is 0 Å². The van der Waals surface area contributed by atoms with Gasteiger partial charge in [0.25, 0.3) is 0 Å². The highest BCUT2D eigenvalue weighted by molar-refractivity contribution is 5.85. The second-order valence-electron chi connectivity index (χ2n) is 2.45. The van der Waals surface area contributed by atoms with Crippen molar-refractivity contribution >= 4 is 5.97 Å². The maximum absolute atomic E-state index is 10.6. The van der Waals surface area contributed by atoms with E-state index in [9.17, 15) is 4.79 Å². The van der Waals surface area contributed by atoms with E-state index in [1.54, 1.807) is 13.0 Å². The molecule has 0 radical (unpaired) electrons. The highest BCUT2D eigenvalue weighted by Gasteiger charge is 2.10. The Hall–Kier alpha value is -1.58. The minimum Gasteiger partial charge on any atom is -0.477 e. The lowest BCUT2D eigenvalue weighted by atomic mass is 10.4. The molecule has 12 heavy (non-hydrogen) atoms. The largest absolute Gasteiger partial charge is 0.477 e. The minimum absolute atomic E-state index is 0.201. The van der Waals surface area contributed by atoms with E-state index in [0.29, 0.717) is 12.2 Å². The Morgan fingerprint density at radius 2 is 2.58 bits per heavy atom. The number of aromatic nitrogens is 2. The minimum atomic E-state index is -0.961. The molecule has 64 valence electrons. The van der Waals surface area contributed by atoms with Gasteiger partial charge in [-0.1, -0.05) is 6.08 Å². The Morgan fingerprint density at radius 1 is 1.92 bits per heavy atom. The van der Waals surface area contributed by atoms with Crippen LogP contribution < -0.4 is 0 Å². The van der Waals surface area contributed by atoms with Gasteiger partial charge in [0, 0.05) is 0 Å². The van der Waals surface area contributed by atoms with Crippen LogP contribution in [0.3, 0.4) is 0 Å². The monoisotopic (exact) mass is 166 g/mol. The van der Waals surface area contributed by atoms with Gasteiger partial charge in [-0.2, -0.15) is 5.10 Å². The van der Waals surface area contributed by atoms with Crippen molar-refractivity contribution in [1.29, 1.82) is 0 Å². The summed E-state index contributed by atoms with van der Waals surface area (Å²) in [5.74, 6) is -0.961. The zero-order valence-electron chi connectivity index (χ0n) is 6.82. The van der Waals surface area contributed by atoms with Crippen LogP contribution in [0, 0.1) is 6.92 Å². The first kappa shape index (κ1) is 8.52. The van der Waals surface area contributed by atoms with Gasteiger partial charge in [-0.05, 0) is 13.0 Å². The predicted molar refractivity (Wildman–Crippen MR) is 44.1 cm³/mol. The van der Waals surface area contributed by atoms with E-state index in [1.807, 2.05) is 0 Å². The summed E-state index contributed by atoms with van der Waals surface area (Å²) >= 11 is 0. The van der Waals surface area contributed by atoms with Crippen LogP contribution >= 0.6 is 0 Å². The molecule has 0 spiro atoms. The van der Waals surface area contributed by atoms with Crippen molar-refractivity contribution < 1.29 is 9.90 Å². The molecule has 0 saturated carbocycles. The molecule has 0 saturated heterocycles. The standard InChI is InChI=1S/C8H10N2O2/c1-3-4-10-7(8(11)12)5-6(2)9-10/h3,5H,1,4H2,2H3,(H,11,12). The summed E-state index contributed by atoms with van der Waals surface area (Å²) in [5.41, 5.74) is 0.904. The van der Waals surface area contributed by atoms with Crippen LogP contribution in [0.15, 0.2) is 18.7 Å². The molecule has 1 rings (SSSR count). The fourth-order valence-corrected chi connectivity index (χ4v) is 0.979. The second-order valence-corrected chi connectivity index (χ2v) is 2.45. The smallest absolute Gasteiger partial charge is 0.354 e. The third kappa shape index (κ3) is 1.53. The molecule has 0 bridgehead atoms. The van der Waals surface area contributed by atoms with Crippen molar-refractivity contribution in [2.75, 3.05) is 0 Å². The van der Waals surface area contributed by atoms with Crippen LogP contribution in [0.2, 0.25) is 0 Å². The first-order valence-electron chi connectivity index (χ1n) is 3.54. The molecule has 1 aromatic heterocycles. The van der Waals surface area contributed by atoms with Gasteiger partial charge in [0.2, 0.25) is 0 Å². The quantitative estimate of drug-likeness (QED) is 0.683. The van der Waals surface area contributed by atoms with Crippen LogP contribution in [-0.2, 0) is 6.54 Å². The summed E-state index contributed by atoms with van der Waals surface area (Å²) in [6.45, 7) is 5.69. The Labute approximate surface area is 70.1 Å². The summed E-state index contributed by atoms with van der Waals surface area (Å²) in [6.07, 6.45) is 1.61. The number of aromatic carboxylic acids is 1. The fraction of sp³-hybridized carbons (Fsp3) is 0.250. The molecule has 0 aliphatic carbocycles. The van der Waals surface area contributed by atoms with Crippen molar-refractivity contribution in [3.05, 3.63) is 30.1 Å². The molecular weight excluding hydrogens is 156 g/mol. The highest BCUT2D eigenvalue weighted by atomic mass is 16.4. The average Bonchev–Trinajstić information content (AvgIpc) is 2.32. The molecule has 0 amide bonds. The molecule has 1 aromatic rings. The fourth-order valence-electron chi connectivity index (χ4n) is 0.979. The molecule has 0 unspecified atom stereocenters. The van der Waals surface area contributed by atoms with E-state index in [0.717, 1.165) is 0 Å². The number of carboxylic acids is 1. The molecule has 0 aromatic carbocycles. The van der Waals surface area contributed by atoms with Crippen molar-refractivity contribution in [3.8, 4) is 0 Å². The Balaban J connectivity index is 3.07. The summed E-state index contributed by atoms with van der Waals surface area (Å²) in [7, 11) is 0. The summed E-state index contributed by atoms with van der Waals surface area (Å²) in [4.78, 5) is 10.6. The second kappa shape index (κ2) is 3.21. The number of aryl methyl sites for hydroxylation is 1. The van der Waals surface area contributed by atoms with Crippen LogP contribution in [0.1, 0.15) is 16.2 Å². The normalized spacial score (nSPS) is 9.75. The van der Waals surface area contributed by atoms with Crippen molar-refractivity contribution in [2.24, 2.45) is 0 Å². The Morgan fingerprint density at radius 3 is 3.08 bits per heavy atom. The Bertz CT molecular complexity index is 315. The van der Waals surface area contributed by atoms with E-state index in [4.69, 9.17) is 5.11 Å². The van der Waals surface area contributed by atoms with Gasteiger partial charge in [-0.3, -0.25) is 4.68 Å². The van der Waals surface area contributed by atoms with E-state index in [1.165, 1.54) is 10.7 Å². The number of hydrogen-bond donors (Lipinski definition) is 1. The van der Waals surface area contributed by atoms with Gasteiger partial charge in [0.1, 0.15) is 5.69 Å². The lowest BCUT2D eigenvalue weighted by Crippen LogP contribution is -2.08. The zero-order valence-corrected chi connectivity index (χ0v) is 6.82. The van der Waals surface area contributed by atoms with Crippen molar-refractivity contribution in [3.63, 3.8) is 0 Å². The maximum atomic E-state index is 10.6. The number of carbonyl (C=O) groups is 1. The van der Waals surface area contributed by atoms with Crippen LogP contribution in [-0.4, -0.2) is 20.9 Å². The van der Waals surface area contributed by atoms with E-state index in [2.05, 4.69) is 11.7 Å². The number of allylic oxidation sites excluding steroid dienone is 1. The summed E-state index contributed by atoms with van der Waals surface area (Å²) in [6, 6.07) is 1.53. The zero-order chi connectivity index (χ0) is 9.14. The molecule has 0 atom stereocenters. The van der Waals surface area contributed by atoms with Crippen LogP contribution in [0.5, 0.6) is 0 Å². The number of hydrogen-bond acceptors (Lipinski definition) is 2. The lowest BCUT2D eigenvalue weighted by molar-refractivity contribution is 0.0684. The van der Waals surface area contributed by atoms with Gasteiger partial charge in [0.05, 0.1) is 12.2 Å². The third-order valence-electron chi connectivity index (χ3n) is 1.42. The van der Waals surface area contributed by atoms with Crippen molar-refractivity contribution in [2.45, 2.75) is 13.5 Å². The lowest BCUT2D eigenvalue weighted by Gasteiger charge is -1.97. The first-order chi connectivity index (χ1) is 5.65. The molecular formula is C8H10N2O2.